The lowest BCUT2D eigenvalue weighted by Gasteiger charge is -2.19. The Morgan fingerprint density at radius 3 is 2.35 bits per heavy atom. The number of benzene rings is 3. The molecule has 5 rings (SSSR count). The Balaban J connectivity index is 1.34. The second-order valence-corrected chi connectivity index (χ2v) is 13.5. The van der Waals surface area contributed by atoms with Crippen LogP contribution < -0.4 is 4.72 Å². The Labute approximate surface area is 229 Å². The summed E-state index contributed by atoms with van der Waals surface area (Å²) in [6, 6.07) is 19.0. The van der Waals surface area contributed by atoms with Crippen LogP contribution in [0.15, 0.2) is 75.4 Å². The number of nitrogens with one attached hydrogen (secondary N) is 1. The van der Waals surface area contributed by atoms with Gasteiger partial charge in [-0.25, -0.2) is 13.1 Å². The zero-order valence-electron chi connectivity index (χ0n) is 20.7. The summed E-state index contributed by atoms with van der Waals surface area (Å²) in [4.78, 5) is 12.7. The molecule has 37 heavy (non-hydrogen) atoms. The maximum Gasteiger partial charge on any atom is 0.264 e. The molecule has 192 valence electrons. The summed E-state index contributed by atoms with van der Waals surface area (Å²) in [7, 11) is -3.98. The van der Waals surface area contributed by atoms with E-state index in [1.165, 1.54) is 35.9 Å². The highest BCUT2D eigenvalue weighted by Gasteiger charge is 2.27. The van der Waals surface area contributed by atoms with Gasteiger partial charge in [0.05, 0.1) is 16.3 Å². The van der Waals surface area contributed by atoms with E-state index >= 15 is 0 Å². The van der Waals surface area contributed by atoms with E-state index in [9.17, 15) is 13.2 Å². The van der Waals surface area contributed by atoms with Crippen LogP contribution in [0.25, 0.3) is 16.5 Å². The van der Waals surface area contributed by atoms with Crippen LogP contribution >= 0.6 is 27.7 Å². The van der Waals surface area contributed by atoms with E-state index in [0.717, 1.165) is 28.4 Å². The minimum Gasteiger partial charge on any atom is -0.273 e. The number of hydrogen-bond donors (Lipinski definition) is 1. The van der Waals surface area contributed by atoms with Gasteiger partial charge in [0.15, 0.2) is 5.16 Å². The second kappa shape index (κ2) is 9.89. The second-order valence-electron chi connectivity index (χ2n) is 10.2. The van der Waals surface area contributed by atoms with Crippen LogP contribution in [0, 0.1) is 0 Å². The molecule has 10 heteroatoms. The molecule has 1 heterocycles. The average molecular weight is 600 g/mol. The molecular weight excluding hydrogens is 572 g/mol. The molecule has 7 nitrogen and oxygen atoms in total. The van der Waals surface area contributed by atoms with Gasteiger partial charge in [-0.1, -0.05) is 75.0 Å². The number of thioether (sulfide) groups is 1. The normalized spacial score (nSPS) is 14.2. The predicted molar refractivity (Wildman–Crippen MR) is 150 cm³/mol. The molecule has 3 aromatic carbocycles. The molecule has 4 aromatic rings. The Hall–Kier alpha value is -2.69. The molecule has 0 atom stereocenters. The predicted octanol–water partition coefficient (Wildman–Crippen LogP) is 5.96. The van der Waals surface area contributed by atoms with E-state index in [1.807, 2.05) is 16.7 Å². The van der Waals surface area contributed by atoms with E-state index in [-0.39, 0.29) is 16.1 Å². The van der Waals surface area contributed by atoms with Crippen molar-refractivity contribution in [3.05, 3.63) is 76.5 Å². The Bertz CT molecular complexity index is 1590. The molecule has 0 unspecified atom stereocenters. The number of halogens is 1. The monoisotopic (exact) mass is 598 g/mol. The minimum atomic E-state index is -3.98. The van der Waals surface area contributed by atoms with Gasteiger partial charge < -0.3 is 0 Å². The summed E-state index contributed by atoms with van der Waals surface area (Å²) in [5, 5.41) is 11.1. The molecule has 1 saturated carbocycles. The third-order valence-corrected chi connectivity index (χ3v) is 9.23. The first kappa shape index (κ1) is 25.9. The van der Waals surface area contributed by atoms with Crippen molar-refractivity contribution in [3.63, 3.8) is 0 Å². The fourth-order valence-corrected chi connectivity index (χ4v) is 6.68. The lowest BCUT2D eigenvalue weighted by atomic mass is 9.87. The van der Waals surface area contributed by atoms with Crippen LogP contribution in [0.3, 0.4) is 0 Å². The van der Waals surface area contributed by atoms with Crippen LogP contribution in [0.2, 0.25) is 0 Å². The fourth-order valence-electron chi connectivity index (χ4n) is 4.30. The van der Waals surface area contributed by atoms with E-state index in [0.29, 0.717) is 15.8 Å². The van der Waals surface area contributed by atoms with Gasteiger partial charge in [-0.3, -0.25) is 9.36 Å². The first-order valence-electron chi connectivity index (χ1n) is 12.0. The quantitative estimate of drug-likeness (QED) is 0.264. The number of carbonyl (C=O) groups excluding carboxylic acids is 1. The zero-order valence-corrected chi connectivity index (χ0v) is 24.0. The molecular formula is C27H27BrN4O3S2. The highest BCUT2D eigenvalue weighted by Crippen LogP contribution is 2.44. The summed E-state index contributed by atoms with van der Waals surface area (Å²) in [6.07, 6.45) is 2.42. The van der Waals surface area contributed by atoms with Crippen molar-refractivity contribution >= 4 is 54.4 Å². The molecule has 0 radical (unpaired) electrons. The first-order chi connectivity index (χ1) is 17.5. The van der Waals surface area contributed by atoms with Gasteiger partial charge in [-0.15, -0.1) is 10.2 Å². The van der Waals surface area contributed by atoms with Gasteiger partial charge in [0.1, 0.15) is 0 Å². The zero-order chi connectivity index (χ0) is 26.4. The van der Waals surface area contributed by atoms with Crippen LogP contribution in [-0.4, -0.2) is 34.8 Å². The number of nitrogens with zero attached hydrogens (tertiary/aromatic N) is 3. The Kier molecular flexibility index (Phi) is 6.93. The summed E-state index contributed by atoms with van der Waals surface area (Å²) in [5.74, 6) is -0.167. The summed E-state index contributed by atoms with van der Waals surface area (Å²) >= 11 is 4.61. The Morgan fingerprint density at radius 1 is 1.03 bits per heavy atom. The maximum atomic E-state index is 12.8. The first-order valence-corrected chi connectivity index (χ1v) is 15.2. The van der Waals surface area contributed by atoms with Crippen molar-refractivity contribution in [2.24, 2.45) is 0 Å². The largest absolute Gasteiger partial charge is 0.273 e. The fraction of sp³-hybridized carbons (Fsp3) is 0.296. The summed E-state index contributed by atoms with van der Waals surface area (Å²) < 4.78 is 30.0. The smallest absolute Gasteiger partial charge is 0.264 e. The highest BCUT2D eigenvalue weighted by molar-refractivity contribution is 9.10. The van der Waals surface area contributed by atoms with E-state index in [4.69, 9.17) is 0 Å². The number of rotatable bonds is 7. The molecule has 1 aliphatic rings. The van der Waals surface area contributed by atoms with Gasteiger partial charge in [0.2, 0.25) is 10.6 Å². The lowest BCUT2D eigenvalue weighted by molar-refractivity contribution is -0.116. The number of fused-ring (bicyclic) bond motifs is 1. The molecule has 1 amide bonds. The van der Waals surface area contributed by atoms with E-state index in [2.05, 4.69) is 75.9 Å². The molecule has 0 saturated heterocycles. The van der Waals surface area contributed by atoms with Crippen molar-refractivity contribution in [1.29, 1.82) is 0 Å². The average Bonchev–Trinajstić information content (AvgIpc) is 3.64. The standard InChI is InChI=1S/C27H27BrN4O3S2/c1-27(2,3)18-10-12-19(13-11-18)37(34,35)31-24(33)16-36-26-30-29-25(28)32(26)23-15-14-20(17-8-9-17)21-6-4-5-7-22(21)23/h4-7,10-15,17H,8-9,16H2,1-3H3,(H,31,33). The van der Waals surface area contributed by atoms with E-state index in [1.54, 1.807) is 12.1 Å². The van der Waals surface area contributed by atoms with Crippen molar-refractivity contribution in [3.8, 4) is 5.69 Å². The third kappa shape index (κ3) is 5.46. The van der Waals surface area contributed by atoms with Crippen molar-refractivity contribution in [2.45, 2.75) is 55.0 Å². The third-order valence-electron chi connectivity index (χ3n) is 6.40. The van der Waals surface area contributed by atoms with Crippen LogP contribution in [-0.2, 0) is 20.2 Å². The minimum absolute atomic E-state index is 0.0481. The molecule has 0 bridgehead atoms. The number of carbonyl (C=O) groups is 1. The van der Waals surface area contributed by atoms with Gasteiger partial charge in [0.25, 0.3) is 10.0 Å². The molecule has 0 aliphatic heterocycles. The van der Waals surface area contributed by atoms with Crippen molar-refractivity contribution < 1.29 is 13.2 Å². The van der Waals surface area contributed by atoms with Gasteiger partial charge in [-0.2, -0.15) is 0 Å². The number of hydrogen-bond acceptors (Lipinski definition) is 6. The maximum absolute atomic E-state index is 12.8. The lowest BCUT2D eigenvalue weighted by Crippen LogP contribution is -2.32. The van der Waals surface area contributed by atoms with E-state index < -0.39 is 15.9 Å². The molecule has 1 aliphatic carbocycles. The number of aromatic nitrogens is 3. The molecule has 0 spiro atoms. The van der Waals surface area contributed by atoms with Gasteiger partial charge >= 0.3 is 0 Å². The summed E-state index contributed by atoms with van der Waals surface area (Å²) in [6.45, 7) is 6.16. The van der Waals surface area contributed by atoms with Crippen LogP contribution in [0.1, 0.15) is 50.7 Å². The van der Waals surface area contributed by atoms with Crippen molar-refractivity contribution in [1.82, 2.24) is 19.5 Å². The summed E-state index contributed by atoms with van der Waals surface area (Å²) in [5.41, 5.74) is 3.15. The van der Waals surface area contributed by atoms with Crippen molar-refractivity contribution in [2.75, 3.05) is 5.75 Å². The highest BCUT2D eigenvalue weighted by atomic mass is 79.9. The van der Waals surface area contributed by atoms with Gasteiger partial charge in [-0.05, 0) is 74.8 Å². The molecule has 1 fully saturated rings. The van der Waals surface area contributed by atoms with Crippen LogP contribution in [0.5, 0.6) is 0 Å². The SMILES string of the molecule is CC(C)(C)c1ccc(S(=O)(=O)NC(=O)CSc2nnc(Br)n2-c2ccc(C3CC3)c3ccccc23)cc1. The molecule has 1 aromatic heterocycles. The number of sulfonamides is 1. The topological polar surface area (TPSA) is 93.9 Å². The molecule has 1 N–H and O–H groups in total. The van der Waals surface area contributed by atoms with Gasteiger partial charge in [0, 0.05) is 5.39 Å². The van der Waals surface area contributed by atoms with Crippen LogP contribution in [0.4, 0.5) is 0 Å². The Morgan fingerprint density at radius 2 is 1.70 bits per heavy atom. The number of amides is 1.